The molecule has 1 atom stereocenters. The van der Waals surface area contributed by atoms with Gasteiger partial charge >= 0.3 is 0 Å². The number of halogens is 1. The molecule has 2 heterocycles. The van der Waals surface area contributed by atoms with Gasteiger partial charge in [0.05, 0.1) is 15.6 Å². The zero-order chi connectivity index (χ0) is 21.1. The Bertz CT molecular complexity index is 1120. The van der Waals surface area contributed by atoms with Crippen molar-refractivity contribution < 1.29 is 8.42 Å². The van der Waals surface area contributed by atoms with Gasteiger partial charge in [0.2, 0.25) is 0 Å². The lowest BCUT2D eigenvalue weighted by atomic mass is 10.1. The molecule has 1 aliphatic rings. The number of anilines is 2. The van der Waals surface area contributed by atoms with E-state index in [1.54, 1.807) is 23.7 Å². The molecule has 1 fully saturated rings. The minimum atomic E-state index is -3.72. The van der Waals surface area contributed by atoms with Crippen molar-refractivity contribution in [1.82, 2.24) is 9.88 Å². The number of thiazole rings is 1. The minimum Gasteiger partial charge on any atom is -0.380 e. The maximum Gasteiger partial charge on any atom is 0.263 e. The first-order valence-corrected chi connectivity index (χ1v) is 12.4. The largest absolute Gasteiger partial charge is 0.380 e. The number of hydrogen-bond acceptors (Lipinski definition) is 6. The van der Waals surface area contributed by atoms with Crippen molar-refractivity contribution in [3.63, 3.8) is 0 Å². The summed E-state index contributed by atoms with van der Waals surface area (Å²) in [6, 6.07) is 13.6. The predicted molar refractivity (Wildman–Crippen MR) is 123 cm³/mol. The summed E-state index contributed by atoms with van der Waals surface area (Å²) >= 11 is 7.62. The molecule has 30 heavy (non-hydrogen) atoms. The second-order valence-electron chi connectivity index (χ2n) is 7.44. The van der Waals surface area contributed by atoms with Crippen molar-refractivity contribution >= 4 is 43.8 Å². The van der Waals surface area contributed by atoms with Crippen LogP contribution in [0.2, 0.25) is 5.02 Å². The van der Waals surface area contributed by atoms with E-state index in [-0.39, 0.29) is 10.9 Å². The van der Waals surface area contributed by atoms with E-state index in [0.717, 1.165) is 31.7 Å². The number of nitrogens with one attached hydrogen (secondary N) is 2. The van der Waals surface area contributed by atoms with Gasteiger partial charge in [0.15, 0.2) is 5.13 Å². The topological polar surface area (TPSA) is 74.3 Å². The number of rotatable bonds is 7. The van der Waals surface area contributed by atoms with Crippen LogP contribution in [0.4, 0.5) is 10.8 Å². The highest BCUT2D eigenvalue weighted by atomic mass is 35.5. The maximum atomic E-state index is 12.5. The van der Waals surface area contributed by atoms with E-state index in [1.165, 1.54) is 28.5 Å². The molecule has 0 spiro atoms. The van der Waals surface area contributed by atoms with E-state index in [0.29, 0.717) is 10.2 Å². The van der Waals surface area contributed by atoms with Gasteiger partial charge in [-0.1, -0.05) is 41.4 Å². The second-order valence-corrected chi connectivity index (χ2v) is 10.4. The fourth-order valence-corrected chi connectivity index (χ4v) is 5.72. The molecule has 3 aromatic rings. The van der Waals surface area contributed by atoms with E-state index < -0.39 is 10.0 Å². The monoisotopic (exact) mass is 462 g/mol. The molecule has 158 valence electrons. The van der Waals surface area contributed by atoms with Crippen molar-refractivity contribution in [3.05, 3.63) is 70.2 Å². The average Bonchev–Trinajstić information content (AvgIpc) is 3.35. The zero-order valence-electron chi connectivity index (χ0n) is 16.5. The lowest BCUT2D eigenvalue weighted by Crippen LogP contribution is -2.26. The SMILES string of the molecule is Cc1cccc(CN2CCC(Nc3ccc(S(=O)(=O)Nc4nccs4)cc3Cl)C2)c1. The van der Waals surface area contributed by atoms with Gasteiger partial charge in [0, 0.05) is 37.3 Å². The normalized spacial score (nSPS) is 17.2. The van der Waals surface area contributed by atoms with E-state index in [4.69, 9.17) is 11.6 Å². The van der Waals surface area contributed by atoms with Crippen molar-refractivity contribution in [2.24, 2.45) is 0 Å². The molecule has 6 nitrogen and oxygen atoms in total. The Morgan fingerprint density at radius 3 is 2.87 bits per heavy atom. The predicted octanol–water partition coefficient (Wildman–Crippen LogP) is 4.59. The number of benzene rings is 2. The van der Waals surface area contributed by atoms with E-state index in [2.05, 4.69) is 51.1 Å². The highest BCUT2D eigenvalue weighted by molar-refractivity contribution is 7.93. The first-order chi connectivity index (χ1) is 14.4. The lowest BCUT2D eigenvalue weighted by molar-refractivity contribution is 0.328. The second kappa shape index (κ2) is 8.93. The summed E-state index contributed by atoms with van der Waals surface area (Å²) in [5.74, 6) is 0. The average molecular weight is 463 g/mol. The summed E-state index contributed by atoms with van der Waals surface area (Å²) in [6.07, 6.45) is 2.56. The maximum absolute atomic E-state index is 12.5. The quantitative estimate of drug-likeness (QED) is 0.537. The third kappa shape index (κ3) is 5.13. The van der Waals surface area contributed by atoms with Crippen LogP contribution in [0, 0.1) is 6.92 Å². The Balaban J connectivity index is 1.38. The molecule has 0 amide bonds. The third-order valence-corrected chi connectivity index (χ3v) is 7.49. The molecular weight excluding hydrogens is 440 g/mol. The molecule has 9 heteroatoms. The highest BCUT2D eigenvalue weighted by Crippen LogP contribution is 2.28. The molecular formula is C21H23ClN4O2S2. The summed E-state index contributed by atoms with van der Waals surface area (Å²) < 4.78 is 27.5. The molecule has 2 aromatic carbocycles. The van der Waals surface area contributed by atoms with Crippen LogP contribution < -0.4 is 10.0 Å². The van der Waals surface area contributed by atoms with Gasteiger partial charge in [-0.3, -0.25) is 9.62 Å². The van der Waals surface area contributed by atoms with Gasteiger partial charge in [-0.25, -0.2) is 13.4 Å². The molecule has 1 unspecified atom stereocenters. The Morgan fingerprint density at radius 1 is 1.27 bits per heavy atom. The number of nitrogens with zero attached hydrogens (tertiary/aromatic N) is 2. The Morgan fingerprint density at radius 2 is 2.13 bits per heavy atom. The van der Waals surface area contributed by atoms with Crippen LogP contribution >= 0.6 is 22.9 Å². The summed E-state index contributed by atoms with van der Waals surface area (Å²) in [5.41, 5.74) is 3.33. The molecule has 1 saturated heterocycles. The third-order valence-electron chi connectivity index (χ3n) is 5.03. The van der Waals surface area contributed by atoms with Crippen LogP contribution in [0.5, 0.6) is 0 Å². The smallest absolute Gasteiger partial charge is 0.263 e. The number of aryl methyl sites for hydroxylation is 1. The molecule has 4 rings (SSSR count). The molecule has 0 bridgehead atoms. The summed E-state index contributed by atoms with van der Waals surface area (Å²) in [6.45, 7) is 4.95. The van der Waals surface area contributed by atoms with Crippen LogP contribution in [-0.2, 0) is 16.6 Å². The Labute approximate surface area is 186 Å². The van der Waals surface area contributed by atoms with E-state index in [9.17, 15) is 8.42 Å². The van der Waals surface area contributed by atoms with Gasteiger partial charge in [0.1, 0.15) is 0 Å². The van der Waals surface area contributed by atoms with Crippen LogP contribution in [0.3, 0.4) is 0 Å². The fraction of sp³-hybridized carbons (Fsp3) is 0.286. The van der Waals surface area contributed by atoms with Gasteiger partial charge in [-0.2, -0.15) is 0 Å². The molecule has 0 saturated carbocycles. The summed E-state index contributed by atoms with van der Waals surface area (Å²) in [7, 11) is -3.72. The first-order valence-electron chi connectivity index (χ1n) is 9.65. The Hall–Kier alpha value is -2.13. The van der Waals surface area contributed by atoms with Crippen molar-refractivity contribution in [1.29, 1.82) is 0 Å². The van der Waals surface area contributed by atoms with Gasteiger partial charge in [0.25, 0.3) is 10.0 Å². The van der Waals surface area contributed by atoms with Crippen LogP contribution in [0.25, 0.3) is 0 Å². The molecule has 1 aromatic heterocycles. The summed E-state index contributed by atoms with van der Waals surface area (Å²) in [4.78, 5) is 6.48. The molecule has 2 N–H and O–H groups in total. The summed E-state index contributed by atoms with van der Waals surface area (Å²) in [5, 5.41) is 5.88. The number of hydrogen-bond donors (Lipinski definition) is 2. The fourth-order valence-electron chi connectivity index (χ4n) is 3.61. The van der Waals surface area contributed by atoms with Crippen LogP contribution in [-0.4, -0.2) is 37.4 Å². The number of aromatic nitrogens is 1. The first kappa shape index (κ1) is 21.1. The molecule has 1 aliphatic heterocycles. The highest BCUT2D eigenvalue weighted by Gasteiger charge is 2.24. The van der Waals surface area contributed by atoms with Crippen molar-refractivity contribution in [2.75, 3.05) is 23.1 Å². The van der Waals surface area contributed by atoms with Crippen molar-refractivity contribution in [2.45, 2.75) is 30.8 Å². The Kier molecular flexibility index (Phi) is 6.29. The van der Waals surface area contributed by atoms with E-state index in [1.807, 2.05) is 0 Å². The van der Waals surface area contributed by atoms with Gasteiger partial charge in [-0.05, 0) is 37.1 Å². The lowest BCUT2D eigenvalue weighted by Gasteiger charge is -2.18. The van der Waals surface area contributed by atoms with Gasteiger partial charge in [-0.15, -0.1) is 11.3 Å². The van der Waals surface area contributed by atoms with Gasteiger partial charge < -0.3 is 5.32 Å². The van der Waals surface area contributed by atoms with Crippen molar-refractivity contribution in [3.8, 4) is 0 Å². The molecule has 0 aliphatic carbocycles. The minimum absolute atomic E-state index is 0.112. The number of sulfonamides is 1. The molecule has 0 radical (unpaired) electrons. The van der Waals surface area contributed by atoms with E-state index >= 15 is 0 Å². The number of likely N-dealkylation sites (tertiary alicyclic amines) is 1. The van der Waals surface area contributed by atoms with Crippen LogP contribution in [0.1, 0.15) is 17.5 Å². The van der Waals surface area contributed by atoms with Crippen LogP contribution in [0.15, 0.2) is 58.9 Å². The standard InChI is InChI=1S/C21H23ClN4O2S2/c1-15-3-2-4-16(11-15)13-26-9-7-17(14-26)24-20-6-5-18(12-19(20)22)30(27,28)25-21-23-8-10-29-21/h2-6,8,10-12,17,24H,7,9,13-14H2,1H3,(H,23,25). The zero-order valence-corrected chi connectivity index (χ0v) is 18.9.